The smallest absolute Gasteiger partial charge is 0.234 e. The molecule has 1 heterocycles. The molecule has 114 valence electrons. The minimum Gasteiger partial charge on any atom is -0.383 e. The number of amides is 1. The molecule has 0 aromatic heterocycles. The molecule has 1 amide bonds. The van der Waals surface area contributed by atoms with Gasteiger partial charge in [0.1, 0.15) is 12.1 Å². The number of carbonyl (C=O) groups is 1. The van der Waals surface area contributed by atoms with Gasteiger partial charge in [-0.3, -0.25) is 4.79 Å². The highest BCUT2D eigenvalue weighted by molar-refractivity contribution is 6.05. The first-order valence-corrected chi connectivity index (χ1v) is 6.91. The molecule has 6 heteroatoms. The number of carbonyl (C=O) groups excluding carboxylic acids is 1. The number of para-hydroxylation sites is 1. The van der Waals surface area contributed by atoms with Gasteiger partial charge in [0.2, 0.25) is 6.41 Å². The van der Waals surface area contributed by atoms with E-state index in [4.69, 9.17) is 15.2 Å². The topological polar surface area (TPSA) is 77.2 Å². The molecule has 2 unspecified atom stereocenters. The number of nitrogens with zero attached hydrogens (tertiary/aromatic N) is 2. The summed E-state index contributed by atoms with van der Waals surface area (Å²) in [6.07, 6.45) is 2.42. The number of methoxy groups -OCH3 is 1. The molecule has 1 aliphatic heterocycles. The number of rotatable bonds is 6. The molecule has 1 saturated heterocycles. The Morgan fingerprint density at radius 3 is 3.00 bits per heavy atom. The molecule has 0 bridgehead atoms. The standard InChI is InChI=1S/C15H21N3O3/c1-18(14-8-7-11(21-14)9-20-2)13-6-4-3-5-12(13)15(16)17-10-19/h3-6,10-11,14H,7-9H2,1-2H3,(H2,16,17,19). The molecule has 21 heavy (non-hydrogen) atoms. The first-order chi connectivity index (χ1) is 10.2. The van der Waals surface area contributed by atoms with Crippen LogP contribution in [0.5, 0.6) is 0 Å². The molecule has 1 aromatic carbocycles. The molecular weight excluding hydrogens is 270 g/mol. The van der Waals surface area contributed by atoms with Crippen LogP contribution in [0, 0.1) is 0 Å². The number of ether oxygens (including phenoxy) is 2. The van der Waals surface area contributed by atoms with Crippen LogP contribution in [0.4, 0.5) is 5.69 Å². The first kappa shape index (κ1) is 15.5. The summed E-state index contributed by atoms with van der Waals surface area (Å²) in [4.78, 5) is 16.2. The third kappa shape index (κ3) is 3.59. The van der Waals surface area contributed by atoms with Crippen LogP contribution < -0.4 is 10.6 Å². The van der Waals surface area contributed by atoms with E-state index in [1.807, 2.05) is 36.2 Å². The number of amidine groups is 1. The maximum atomic E-state index is 10.5. The van der Waals surface area contributed by atoms with Crippen molar-refractivity contribution in [3.8, 4) is 0 Å². The molecule has 1 fully saturated rings. The quantitative estimate of drug-likeness (QED) is 0.483. The van der Waals surface area contributed by atoms with Crippen molar-refractivity contribution in [1.29, 1.82) is 0 Å². The zero-order chi connectivity index (χ0) is 15.2. The van der Waals surface area contributed by atoms with E-state index in [0.717, 1.165) is 24.1 Å². The fraction of sp³-hybridized carbons (Fsp3) is 0.467. The number of anilines is 1. The van der Waals surface area contributed by atoms with Gasteiger partial charge in [-0.05, 0) is 25.0 Å². The van der Waals surface area contributed by atoms with Crippen molar-refractivity contribution in [1.82, 2.24) is 0 Å². The second-order valence-electron chi connectivity index (χ2n) is 4.99. The molecule has 2 N–H and O–H groups in total. The van der Waals surface area contributed by atoms with E-state index >= 15 is 0 Å². The van der Waals surface area contributed by atoms with E-state index in [0.29, 0.717) is 13.0 Å². The SMILES string of the molecule is COCC1CCC(N(C)c2ccccc2C(N)=NC=O)O1. The van der Waals surface area contributed by atoms with Crippen molar-refractivity contribution in [3.63, 3.8) is 0 Å². The zero-order valence-corrected chi connectivity index (χ0v) is 12.4. The summed E-state index contributed by atoms with van der Waals surface area (Å²) in [5.74, 6) is 0.207. The summed E-state index contributed by atoms with van der Waals surface area (Å²) >= 11 is 0. The van der Waals surface area contributed by atoms with Crippen LogP contribution in [-0.2, 0) is 14.3 Å². The maximum absolute atomic E-state index is 10.5. The largest absolute Gasteiger partial charge is 0.383 e. The third-order valence-corrected chi connectivity index (χ3v) is 3.62. The van der Waals surface area contributed by atoms with Crippen LogP contribution in [0.25, 0.3) is 0 Å². The Hall–Kier alpha value is -1.92. The minimum absolute atomic E-state index is 0.0321. The molecule has 0 radical (unpaired) electrons. The average molecular weight is 291 g/mol. The summed E-state index contributed by atoms with van der Waals surface area (Å²) in [7, 11) is 3.62. The van der Waals surface area contributed by atoms with Crippen molar-refractivity contribution in [2.24, 2.45) is 10.7 Å². The Labute approximate surface area is 124 Å². The van der Waals surface area contributed by atoms with Gasteiger partial charge in [-0.2, -0.15) is 4.99 Å². The van der Waals surface area contributed by atoms with E-state index in [1.165, 1.54) is 0 Å². The summed E-state index contributed by atoms with van der Waals surface area (Å²) in [6, 6.07) is 7.57. The lowest BCUT2D eigenvalue weighted by molar-refractivity contribution is -0.106. The highest BCUT2D eigenvalue weighted by atomic mass is 16.5. The van der Waals surface area contributed by atoms with Gasteiger partial charge in [0.05, 0.1) is 12.7 Å². The van der Waals surface area contributed by atoms with Crippen LogP contribution in [0.1, 0.15) is 18.4 Å². The molecular formula is C15H21N3O3. The number of hydrogen-bond donors (Lipinski definition) is 1. The molecule has 6 nitrogen and oxygen atoms in total. The number of aliphatic imine (C=N–C) groups is 1. The summed E-state index contributed by atoms with van der Waals surface area (Å²) in [5.41, 5.74) is 7.47. The summed E-state index contributed by atoms with van der Waals surface area (Å²) in [5, 5.41) is 0. The van der Waals surface area contributed by atoms with Gasteiger partial charge in [-0.25, -0.2) is 0 Å². The van der Waals surface area contributed by atoms with Crippen molar-refractivity contribution < 1.29 is 14.3 Å². The zero-order valence-electron chi connectivity index (χ0n) is 12.4. The molecule has 0 spiro atoms. The lowest BCUT2D eigenvalue weighted by atomic mass is 10.1. The van der Waals surface area contributed by atoms with Crippen LogP contribution in [0.15, 0.2) is 29.3 Å². The average Bonchev–Trinajstić information content (AvgIpc) is 2.96. The predicted molar refractivity (Wildman–Crippen MR) is 81.4 cm³/mol. The predicted octanol–water partition coefficient (Wildman–Crippen LogP) is 1.14. The number of nitrogens with two attached hydrogens (primary N) is 1. The van der Waals surface area contributed by atoms with Crippen molar-refractivity contribution in [2.45, 2.75) is 25.2 Å². The fourth-order valence-corrected chi connectivity index (χ4v) is 2.56. The second kappa shape index (κ2) is 7.19. The first-order valence-electron chi connectivity index (χ1n) is 6.91. The molecule has 2 rings (SSSR count). The Bertz CT molecular complexity index is 519. The van der Waals surface area contributed by atoms with E-state index in [-0.39, 0.29) is 18.2 Å². The number of benzene rings is 1. The molecule has 0 saturated carbocycles. The van der Waals surface area contributed by atoms with Gasteiger partial charge in [0.25, 0.3) is 0 Å². The van der Waals surface area contributed by atoms with Crippen LogP contribution in [0.2, 0.25) is 0 Å². The third-order valence-electron chi connectivity index (χ3n) is 3.62. The van der Waals surface area contributed by atoms with Crippen molar-refractivity contribution in [2.75, 3.05) is 25.7 Å². The van der Waals surface area contributed by atoms with Gasteiger partial charge in [0, 0.05) is 25.4 Å². The molecule has 1 aromatic rings. The highest BCUT2D eigenvalue weighted by Gasteiger charge is 2.29. The van der Waals surface area contributed by atoms with E-state index in [2.05, 4.69) is 4.99 Å². The Morgan fingerprint density at radius 1 is 1.52 bits per heavy atom. The summed E-state index contributed by atoms with van der Waals surface area (Å²) in [6.45, 7) is 0.598. The van der Waals surface area contributed by atoms with Crippen LogP contribution in [0.3, 0.4) is 0 Å². The number of hydrogen-bond acceptors (Lipinski definition) is 4. The van der Waals surface area contributed by atoms with Gasteiger partial charge in [-0.15, -0.1) is 0 Å². The van der Waals surface area contributed by atoms with Crippen LogP contribution >= 0.6 is 0 Å². The summed E-state index contributed by atoms with van der Waals surface area (Å²) < 4.78 is 11.1. The Morgan fingerprint density at radius 2 is 2.29 bits per heavy atom. The lowest BCUT2D eigenvalue weighted by Crippen LogP contribution is -2.34. The minimum atomic E-state index is -0.0321. The van der Waals surface area contributed by atoms with Crippen LogP contribution in [-0.4, -0.2) is 45.3 Å². The van der Waals surface area contributed by atoms with E-state index in [1.54, 1.807) is 7.11 Å². The Balaban J connectivity index is 2.18. The normalized spacial score (nSPS) is 22.3. The monoisotopic (exact) mass is 291 g/mol. The van der Waals surface area contributed by atoms with Crippen molar-refractivity contribution >= 4 is 17.9 Å². The Kier molecular flexibility index (Phi) is 5.30. The van der Waals surface area contributed by atoms with Gasteiger partial charge < -0.3 is 20.1 Å². The molecule has 1 aliphatic rings. The van der Waals surface area contributed by atoms with Crippen molar-refractivity contribution in [3.05, 3.63) is 29.8 Å². The maximum Gasteiger partial charge on any atom is 0.234 e. The molecule has 0 aliphatic carbocycles. The van der Waals surface area contributed by atoms with E-state index in [9.17, 15) is 4.79 Å². The molecule has 2 atom stereocenters. The fourth-order valence-electron chi connectivity index (χ4n) is 2.56. The lowest BCUT2D eigenvalue weighted by Gasteiger charge is -2.28. The highest BCUT2D eigenvalue weighted by Crippen LogP contribution is 2.28. The van der Waals surface area contributed by atoms with Gasteiger partial charge in [0.15, 0.2) is 0 Å². The van der Waals surface area contributed by atoms with Gasteiger partial charge in [-0.1, -0.05) is 12.1 Å². The second-order valence-corrected chi connectivity index (χ2v) is 4.99. The van der Waals surface area contributed by atoms with E-state index < -0.39 is 0 Å². The van der Waals surface area contributed by atoms with Gasteiger partial charge >= 0.3 is 0 Å².